The smallest absolute Gasteiger partial charge is 0.254 e. The number of ether oxygens (including phenoxy) is 1. The Labute approximate surface area is 168 Å². The molecule has 0 radical (unpaired) electrons. The SMILES string of the molecule is COCCN1C(=O)C2C(c3nc(CC4CCCN4)no3)N=CN2c2ccccc21. The molecule has 0 spiro atoms. The van der Waals surface area contributed by atoms with E-state index < -0.39 is 12.1 Å². The minimum atomic E-state index is -0.528. The lowest BCUT2D eigenvalue weighted by Gasteiger charge is -2.39. The molecule has 1 aromatic carbocycles. The quantitative estimate of drug-likeness (QED) is 0.787. The molecule has 5 rings (SSSR count). The number of rotatable bonds is 6. The highest BCUT2D eigenvalue weighted by Crippen LogP contribution is 2.42. The summed E-state index contributed by atoms with van der Waals surface area (Å²) in [6.45, 7) is 1.97. The van der Waals surface area contributed by atoms with E-state index >= 15 is 0 Å². The zero-order chi connectivity index (χ0) is 19.8. The highest BCUT2D eigenvalue weighted by Gasteiger charge is 2.47. The molecule has 3 unspecified atom stereocenters. The minimum absolute atomic E-state index is 0.0412. The number of fused-ring (bicyclic) bond motifs is 3. The zero-order valence-electron chi connectivity index (χ0n) is 16.3. The van der Waals surface area contributed by atoms with Crippen molar-refractivity contribution in [1.82, 2.24) is 15.5 Å². The number of methoxy groups -OCH3 is 1. The second kappa shape index (κ2) is 7.57. The summed E-state index contributed by atoms with van der Waals surface area (Å²) < 4.78 is 10.7. The summed E-state index contributed by atoms with van der Waals surface area (Å²) in [5, 5.41) is 7.58. The number of carbonyl (C=O) groups excluding carboxylic acids is 1. The normalized spacial score (nSPS) is 25.6. The fraction of sp³-hybridized carbons (Fsp3) is 0.500. The van der Waals surface area contributed by atoms with Crippen LogP contribution in [0.1, 0.15) is 30.6 Å². The van der Waals surface area contributed by atoms with Gasteiger partial charge in [-0.05, 0) is 31.5 Å². The van der Waals surface area contributed by atoms with Gasteiger partial charge in [0.1, 0.15) is 6.04 Å². The van der Waals surface area contributed by atoms with E-state index in [9.17, 15) is 4.79 Å². The summed E-state index contributed by atoms with van der Waals surface area (Å²) >= 11 is 0. The van der Waals surface area contributed by atoms with Crippen molar-refractivity contribution in [2.45, 2.75) is 37.4 Å². The third kappa shape index (κ3) is 3.20. The standard InChI is InChI=1S/C20H24N6O3/c1-28-10-9-25-14-6-2-3-7-15(14)26-12-22-17(18(26)20(25)27)19-23-16(24-29-19)11-13-5-4-8-21-13/h2-3,6-7,12-13,17-18,21H,4-5,8-11H2,1H3. The van der Waals surface area contributed by atoms with Gasteiger partial charge in [-0.25, -0.2) is 0 Å². The number of anilines is 2. The Morgan fingerprint density at radius 2 is 2.17 bits per heavy atom. The minimum Gasteiger partial charge on any atom is -0.383 e. The molecule has 1 aromatic heterocycles. The first kappa shape index (κ1) is 18.3. The fourth-order valence-corrected chi connectivity index (χ4v) is 4.34. The number of aromatic nitrogens is 2. The summed E-state index contributed by atoms with van der Waals surface area (Å²) in [6.07, 6.45) is 4.73. The molecule has 0 bridgehead atoms. The second-order valence-corrected chi connectivity index (χ2v) is 7.58. The molecule has 3 atom stereocenters. The third-order valence-corrected chi connectivity index (χ3v) is 5.77. The number of hydrogen-bond donors (Lipinski definition) is 1. The van der Waals surface area contributed by atoms with Gasteiger partial charge in [0, 0.05) is 26.1 Å². The maximum atomic E-state index is 13.4. The van der Waals surface area contributed by atoms with Gasteiger partial charge in [0.25, 0.3) is 11.8 Å². The topological polar surface area (TPSA) is 96.1 Å². The van der Waals surface area contributed by atoms with E-state index in [-0.39, 0.29) is 5.91 Å². The lowest BCUT2D eigenvalue weighted by Crippen LogP contribution is -2.53. The number of nitrogens with zero attached hydrogens (tertiary/aromatic N) is 5. The number of carbonyl (C=O) groups is 1. The average molecular weight is 396 g/mol. The van der Waals surface area contributed by atoms with Gasteiger partial charge in [-0.3, -0.25) is 9.79 Å². The molecule has 9 nitrogen and oxygen atoms in total. The van der Waals surface area contributed by atoms with Crippen molar-refractivity contribution in [2.24, 2.45) is 4.99 Å². The molecule has 9 heteroatoms. The Kier molecular flexibility index (Phi) is 4.76. The molecule has 2 aromatic rings. The maximum Gasteiger partial charge on any atom is 0.254 e. The number of aliphatic imine (C=N–C) groups is 1. The predicted molar refractivity (Wildman–Crippen MR) is 107 cm³/mol. The van der Waals surface area contributed by atoms with Crippen molar-refractivity contribution in [2.75, 3.05) is 36.6 Å². The Balaban J connectivity index is 1.42. The molecule has 1 amide bonds. The highest BCUT2D eigenvalue weighted by atomic mass is 16.5. The van der Waals surface area contributed by atoms with Crippen LogP contribution in [0.15, 0.2) is 33.8 Å². The predicted octanol–water partition coefficient (Wildman–Crippen LogP) is 1.32. The van der Waals surface area contributed by atoms with Crippen LogP contribution in [0.25, 0.3) is 0 Å². The first-order valence-corrected chi connectivity index (χ1v) is 10.0. The molecular weight excluding hydrogens is 372 g/mol. The van der Waals surface area contributed by atoms with Crippen LogP contribution in [0.3, 0.4) is 0 Å². The molecule has 4 heterocycles. The van der Waals surface area contributed by atoms with Crippen molar-refractivity contribution in [1.29, 1.82) is 0 Å². The summed E-state index contributed by atoms with van der Waals surface area (Å²) in [4.78, 5) is 26.2. The Bertz CT molecular complexity index is 922. The Morgan fingerprint density at radius 3 is 2.97 bits per heavy atom. The highest BCUT2D eigenvalue weighted by molar-refractivity contribution is 6.11. The largest absolute Gasteiger partial charge is 0.383 e. The van der Waals surface area contributed by atoms with Crippen LogP contribution < -0.4 is 15.1 Å². The summed E-state index contributed by atoms with van der Waals surface area (Å²) in [5.41, 5.74) is 1.80. The van der Waals surface area contributed by atoms with Crippen LogP contribution in [-0.4, -0.2) is 61.3 Å². The van der Waals surface area contributed by atoms with Crippen molar-refractivity contribution in [3.05, 3.63) is 36.0 Å². The van der Waals surface area contributed by atoms with Crippen molar-refractivity contribution in [3.63, 3.8) is 0 Å². The first-order chi connectivity index (χ1) is 14.3. The van der Waals surface area contributed by atoms with E-state index in [0.717, 1.165) is 30.8 Å². The molecule has 1 N–H and O–H groups in total. The molecule has 152 valence electrons. The lowest BCUT2D eigenvalue weighted by atomic mass is 10.0. The molecular formula is C20H24N6O3. The van der Waals surface area contributed by atoms with Gasteiger partial charge in [-0.2, -0.15) is 4.98 Å². The number of benzene rings is 1. The van der Waals surface area contributed by atoms with Gasteiger partial charge in [-0.15, -0.1) is 0 Å². The van der Waals surface area contributed by atoms with Crippen LogP contribution in [0.2, 0.25) is 0 Å². The van der Waals surface area contributed by atoms with Gasteiger partial charge in [0.2, 0.25) is 0 Å². The van der Waals surface area contributed by atoms with Crippen LogP contribution in [-0.2, 0) is 16.0 Å². The average Bonchev–Trinajstić information content (AvgIpc) is 3.49. The van der Waals surface area contributed by atoms with Gasteiger partial charge < -0.3 is 24.4 Å². The van der Waals surface area contributed by atoms with Crippen molar-refractivity contribution >= 4 is 23.6 Å². The Hall–Kier alpha value is -2.78. The van der Waals surface area contributed by atoms with E-state index in [0.29, 0.717) is 30.9 Å². The van der Waals surface area contributed by atoms with Gasteiger partial charge in [-0.1, -0.05) is 17.3 Å². The fourth-order valence-electron chi connectivity index (χ4n) is 4.34. The molecule has 3 aliphatic heterocycles. The van der Waals surface area contributed by atoms with Crippen molar-refractivity contribution < 1.29 is 14.1 Å². The molecule has 1 saturated heterocycles. The first-order valence-electron chi connectivity index (χ1n) is 10.0. The molecule has 0 aliphatic carbocycles. The molecule has 1 fully saturated rings. The Morgan fingerprint density at radius 1 is 1.31 bits per heavy atom. The molecule has 0 saturated carbocycles. The number of amides is 1. The van der Waals surface area contributed by atoms with Gasteiger partial charge >= 0.3 is 0 Å². The lowest BCUT2D eigenvalue weighted by molar-refractivity contribution is -0.120. The molecule has 29 heavy (non-hydrogen) atoms. The van der Waals surface area contributed by atoms with Crippen LogP contribution in [0.5, 0.6) is 0 Å². The van der Waals surface area contributed by atoms with E-state index in [4.69, 9.17) is 9.26 Å². The third-order valence-electron chi connectivity index (χ3n) is 5.77. The van der Waals surface area contributed by atoms with E-state index in [1.165, 1.54) is 6.42 Å². The van der Waals surface area contributed by atoms with Gasteiger partial charge in [0.15, 0.2) is 11.9 Å². The zero-order valence-corrected chi connectivity index (χ0v) is 16.3. The maximum absolute atomic E-state index is 13.4. The number of nitrogens with one attached hydrogen (secondary N) is 1. The monoisotopic (exact) mass is 396 g/mol. The second-order valence-electron chi connectivity index (χ2n) is 7.58. The molecule has 3 aliphatic rings. The number of hydrogen-bond acceptors (Lipinski definition) is 8. The van der Waals surface area contributed by atoms with E-state index in [1.807, 2.05) is 29.2 Å². The van der Waals surface area contributed by atoms with Crippen LogP contribution >= 0.6 is 0 Å². The summed E-state index contributed by atoms with van der Waals surface area (Å²) in [5.74, 6) is 1.01. The summed E-state index contributed by atoms with van der Waals surface area (Å²) in [7, 11) is 1.63. The summed E-state index contributed by atoms with van der Waals surface area (Å²) in [6, 6.07) is 7.17. The number of para-hydroxylation sites is 2. The van der Waals surface area contributed by atoms with Gasteiger partial charge in [0.05, 0.1) is 24.3 Å². The van der Waals surface area contributed by atoms with Crippen LogP contribution in [0, 0.1) is 0 Å². The van der Waals surface area contributed by atoms with E-state index in [2.05, 4.69) is 20.4 Å². The van der Waals surface area contributed by atoms with Crippen LogP contribution in [0.4, 0.5) is 11.4 Å². The van der Waals surface area contributed by atoms with E-state index in [1.54, 1.807) is 18.3 Å². The van der Waals surface area contributed by atoms with Crippen molar-refractivity contribution in [3.8, 4) is 0 Å².